The average Bonchev–Trinajstić information content (AvgIpc) is 2.95. The van der Waals surface area contributed by atoms with Gasteiger partial charge in [-0.15, -0.1) is 5.69 Å². The van der Waals surface area contributed by atoms with E-state index in [2.05, 4.69) is 82.5 Å². The maximum absolute atomic E-state index is 12.0. The topological polar surface area (TPSA) is 40.4 Å². The van der Waals surface area contributed by atoms with Crippen LogP contribution in [0.3, 0.4) is 0 Å². The summed E-state index contributed by atoms with van der Waals surface area (Å²) in [6, 6.07) is 19.9. The van der Waals surface area contributed by atoms with Crippen LogP contribution < -0.4 is 24.0 Å². The van der Waals surface area contributed by atoms with Gasteiger partial charge in [-0.25, -0.2) is 0 Å². The Balaban J connectivity index is 0.000000741. The molecule has 3 nitrogen and oxygen atoms in total. The molecule has 0 aromatic heterocycles. The number of ether oxygens (including phenoxy) is 1. The van der Waals surface area contributed by atoms with E-state index in [4.69, 9.17) is 4.74 Å². The van der Waals surface area contributed by atoms with Crippen molar-refractivity contribution >= 4 is 25.8 Å². The third kappa shape index (κ3) is 11.1. The molecule has 32 heavy (non-hydrogen) atoms. The predicted octanol–water partition coefficient (Wildman–Crippen LogP) is 4.25. The zero-order valence-electron chi connectivity index (χ0n) is 20.5. The number of carbonyl (C=O) groups is 1. The van der Waals surface area contributed by atoms with Crippen LogP contribution in [0.15, 0.2) is 72.3 Å². The summed E-state index contributed by atoms with van der Waals surface area (Å²) >= 11 is 0. The molecule has 6 heteroatoms. The Labute approximate surface area is 219 Å². The van der Waals surface area contributed by atoms with E-state index >= 15 is 0 Å². The van der Waals surface area contributed by atoms with Crippen molar-refractivity contribution in [2.24, 2.45) is 11.3 Å². The molecular formula is C26H35CuLiNO2Si. The number of hydrogen-bond donors (Lipinski definition) is 0. The van der Waals surface area contributed by atoms with Gasteiger partial charge < -0.3 is 10.1 Å². The van der Waals surface area contributed by atoms with Crippen LogP contribution in [0.25, 0.3) is 5.32 Å². The summed E-state index contributed by atoms with van der Waals surface area (Å²) in [7, 11) is -0.212. The average molecular weight is 492 g/mol. The van der Waals surface area contributed by atoms with Gasteiger partial charge in [-0.05, 0) is 29.7 Å². The first-order valence-corrected chi connectivity index (χ1v) is 13.2. The Bertz CT molecular complexity index is 826. The molecule has 0 heterocycles. The van der Waals surface area contributed by atoms with Crippen LogP contribution in [0.1, 0.15) is 40.5 Å². The van der Waals surface area contributed by atoms with Crippen molar-refractivity contribution in [1.29, 1.82) is 0 Å². The second-order valence-electron chi connectivity index (χ2n) is 9.22. The molecule has 1 unspecified atom stereocenters. The normalized spacial score (nSPS) is 17.6. The Morgan fingerprint density at radius 2 is 1.59 bits per heavy atom. The standard InChI is InChI=1S/C18H25NO2.C8H11Si.Cu.Li/c1-13(2)10-14-11-18(3,4)12-16(14)21-17(20)19-15-8-6-5-7-9-15;1-9(2)8-6-4-3-5-7-8;;/h5-10,13,16H,11-12H2,1-4H3,(H,19,20);3-7H,1-2H3;;/q;;;+1/p-1/b14-10+;;;. The summed E-state index contributed by atoms with van der Waals surface area (Å²) in [6.07, 6.45) is 3.42. The third-order valence-corrected chi connectivity index (χ3v) is 6.44. The SMILES string of the molecule is CC(C)/C=C1\CC(C)(C)CC1OC(=O)[N-]c1ccccc1.C[Si](C)c1ccccc1.[Cu].[Li+]. The molecule has 0 spiro atoms. The van der Waals surface area contributed by atoms with Crippen LogP contribution in [-0.4, -0.2) is 21.0 Å². The minimum atomic E-state index is -0.501. The molecule has 1 aliphatic rings. The Morgan fingerprint density at radius 3 is 2.06 bits per heavy atom. The van der Waals surface area contributed by atoms with E-state index in [-0.39, 0.29) is 56.2 Å². The van der Waals surface area contributed by atoms with E-state index in [1.165, 1.54) is 10.8 Å². The molecule has 2 radical (unpaired) electrons. The van der Waals surface area contributed by atoms with Gasteiger partial charge in [0.2, 0.25) is 6.09 Å². The molecule has 3 rings (SSSR count). The predicted molar refractivity (Wildman–Crippen MR) is 129 cm³/mol. The summed E-state index contributed by atoms with van der Waals surface area (Å²) in [6.45, 7) is 13.3. The fourth-order valence-electron chi connectivity index (χ4n) is 3.61. The second-order valence-corrected chi connectivity index (χ2v) is 11.8. The molecule has 1 aliphatic carbocycles. The Kier molecular flexibility index (Phi) is 14.3. The van der Waals surface area contributed by atoms with Crippen LogP contribution in [0.4, 0.5) is 10.5 Å². The van der Waals surface area contributed by atoms with Crippen molar-refractivity contribution in [2.45, 2.75) is 59.7 Å². The van der Waals surface area contributed by atoms with E-state index in [1.54, 1.807) is 12.1 Å². The number of amides is 1. The van der Waals surface area contributed by atoms with Crippen LogP contribution >= 0.6 is 0 Å². The molecule has 0 bridgehead atoms. The summed E-state index contributed by atoms with van der Waals surface area (Å²) in [5.41, 5.74) is 2.04. The number of para-hydroxylation sites is 1. The van der Waals surface area contributed by atoms with Gasteiger partial charge in [-0.1, -0.05) is 113 Å². The number of hydrogen-bond acceptors (Lipinski definition) is 2. The van der Waals surface area contributed by atoms with Gasteiger partial charge in [0.1, 0.15) is 6.10 Å². The van der Waals surface area contributed by atoms with Crippen LogP contribution in [0.5, 0.6) is 0 Å². The molecule has 1 amide bonds. The monoisotopic (exact) mass is 491 g/mol. The molecule has 172 valence electrons. The van der Waals surface area contributed by atoms with Crippen LogP contribution in [-0.2, 0) is 21.8 Å². The minimum absolute atomic E-state index is 0. The van der Waals surface area contributed by atoms with E-state index < -0.39 is 6.09 Å². The first kappa shape index (κ1) is 30.8. The van der Waals surface area contributed by atoms with Gasteiger partial charge in [-0.3, -0.25) is 4.79 Å². The largest absolute Gasteiger partial charge is 1.00 e. The fraction of sp³-hybridized carbons (Fsp3) is 0.423. The zero-order chi connectivity index (χ0) is 22.1. The number of nitrogens with zero attached hydrogens (tertiary/aromatic N) is 1. The Hall–Kier alpha value is -1.22. The summed E-state index contributed by atoms with van der Waals surface area (Å²) in [5, 5.41) is 5.51. The van der Waals surface area contributed by atoms with Crippen molar-refractivity contribution in [2.75, 3.05) is 0 Å². The minimum Gasteiger partial charge on any atom is -0.591 e. The number of allylic oxidation sites excluding steroid dienone is 1. The molecule has 0 saturated heterocycles. The second kappa shape index (κ2) is 14.8. The molecule has 0 aliphatic heterocycles. The van der Waals surface area contributed by atoms with Crippen LogP contribution in [0.2, 0.25) is 13.1 Å². The van der Waals surface area contributed by atoms with Gasteiger partial charge in [-0.2, -0.15) is 0 Å². The number of benzene rings is 2. The van der Waals surface area contributed by atoms with E-state index in [1.807, 2.05) is 18.2 Å². The van der Waals surface area contributed by atoms with E-state index in [9.17, 15) is 4.79 Å². The van der Waals surface area contributed by atoms with Gasteiger partial charge in [0.15, 0.2) is 0 Å². The van der Waals surface area contributed by atoms with Crippen molar-refractivity contribution in [3.05, 3.63) is 77.6 Å². The third-order valence-electron chi connectivity index (χ3n) is 4.95. The molecular weight excluding hydrogens is 457 g/mol. The van der Waals surface area contributed by atoms with Crippen LogP contribution in [0, 0.1) is 11.3 Å². The molecule has 1 saturated carbocycles. The summed E-state index contributed by atoms with van der Waals surface area (Å²) in [4.78, 5) is 12.0. The summed E-state index contributed by atoms with van der Waals surface area (Å²) < 4.78 is 5.59. The van der Waals surface area contributed by atoms with Crippen molar-refractivity contribution < 1.29 is 45.5 Å². The van der Waals surface area contributed by atoms with Crippen molar-refractivity contribution in [1.82, 2.24) is 0 Å². The van der Waals surface area contributed by atoms with Gasteiger partial charge in [0.25, 0.3) is 0 Å². The van der Waals surface area contributed by atoms with E-state index in [0.29, 0.717) is 11.6 Å². The summed E-state index contributed by atoms with van der Waals surface area (Å²) in [5.74, 6) is 0.459. The van der Waals surface area contributed by atoms with Gasteiger partial charge in [0.05, 0.1) is 8.80 Å². The first-order valence-electron chi connectivity index (χ1n) is 10.7. The number of rotatable bonds is 4. The fourth-order valence-corrected chi connectivity index (χ4v) is 4.47. The van der Waals surface area contributed by atoms with Crippen molar-refractivity contribution in [3.8, 4) is 0 Å². The quantitative estimate of drug-likeness (QED) is 0.474. The molecule has 2 aromatic rings. The maximum Gasteiger partial charge on any atom is 1.00 e. The molecule has 1 fully saturated rings. The van der Waals surface area contributed by atoms with Gasteiger partial charge >= 0.3 is 18.9 Å². The molecule has 1 atom stereocenters. The smallest absolute Gasteiger partial charge is 0.591 e. The van der Waals surface area contributed by atoms with Crippen molar-refractivity contribution in [3.63, 3.8) is 0 Å². The molecule has 0 N–H and O–H groups in total. The molecule has 2 aromatic carbocycles. The zero-order valence-corrected chi connectivity index (χ0v) is 22.4. The van der Waals surface area contributed by atoms with Gasteiger partial charge in [0, 0.05) is 17.1 Å². The first-order chi connectivity index (χ1) is 14.2. The van der Waals surface area contributed by atoms with E-state index in [0.717, 1.165) is 12.8 Å². The number of carbonyl (C=O) groups excluding carboxylic acids is 1. The maximum atomic E-state index is 12.0. The Morgan fingerprint density at radius 1 is 1.06 bits per heavy atom.